The van der Waals surface area contributed by atoms with Crippen LogP contribution in [0.5, 0.6) is 0 Å². The van der Waals surface area contributed by atoms with E-state index in [1.807, 2.05) is 62.5 Å². The largest absolute Gasteiger partial charge is 0.373 e. The molecule has 2 atom stereocenters. The van der Waals surface area contributed by atoms with E-state index < -0.39 is 10.0 Å². The lowest BCUT2D eigenvalue weighted by atomic mass is 10.1. The lowest BCUT2D eigenvalue weighted by Crippen LogP contribution is -2.48. The highest BCUT2D eigenvalue weighted by atomic mass is 32.2. The first kappa shape index (κ1) is 27.9. The van der Waals surface area contributed by atoms with Crippen LogP contribution >= 0.6 is 11.8 Å². The zero-order valence-corrected chi connectivity index (χ0v) is 24.8. The lowest BCUT2D eigenvalue weighted by Gasteiger charge is -2.34. The maximum atomic E-state index is 13.6. The normalized spacial score (nSPS) is 23.3. The number of hydrogen-bond acceptors (Lipinski definition) is 7. The molecule has 3 aromatic rings. The number of aromatic nitrogens is 2. The van der Waals surface area contributed by atoms with Crippen LogP contribution in [0.15, 0.2) is 75.6 Å². The average Bonchev–Trinajstić information content (AvgIpc) is 3.57. The van der Waals surface area contributed by atoms with E-state index in [2.05, 4.69) is 9.89 Å². The van der Waals surface area contributed by atoms with Crippen LogP contribution < -0.4 is 0 Å². The number of amidine groups is 1. The number of para-hydroxylation sites is 1. The first-order valence-electron chi connectivity index (χ1n) is 14.0. The number of piperidine rings is 1. The smallest absolute Gasteiger partial charge is 0.286 e. The molecule has 0 bridgehead atoms. The van der Waals surface area contributed by atoms with E-state index in [1.165, 1.54) is 22.5 Å². The second-order valence-electron chi connectivity index (χ2n) is 10.7. The third-order valence-electron chi connectivity index (χ3n) is 7.42. The summed E-state index contributed by atoms with van der Waals surface area (Å²) in [4.78, 5) is 20.2. The minimum atomic E-state index is -3.75. The number of amides is 1. The van der Waals surface area contributed by atoms with E-state index in [0.717, 1.165) is 36.8 Å². The van der Waals surface area contributed by atoms with Crippen molar-refractivity contribution in [2.45, 2.75) is 50.2 Å². The van der Waals surface area contributed by atoms with E-state index in [0.29, 0.717) is 34.8 Å². The summed E-state index contributed by atoms with van der Waals surface area (Å²) >= 11 is 1.39. The van der Waals surface area contributed by atoms with Gasteiger partial charge in [0.1, 0.15) is 5.69 Å². The summed E-state index contributed by atoms with van der Waals surface area (Å²) in [6, 6.07) is 16.6. The van der Waals surface area contributed by atoms with Gasteiger partial charge < -0.3 is 9.64 Å². The molecule has 3 aliphatic heterocycles. The number of benzene rings is 2. The molecule has 4 heterocycles. The molecule has 2 unspecified atom stereocenters. The molecule has 2 aromatic carbocycles. The molecule has 1 amide bonds. The van der Waals surface area contributed by atoms with Gasteiger partial charge in [0.15, 0.2) is 5.17 Å². The Balaban J connectivity index is 1.37. The molecule has 2 fully saturated rings. The van der Waals surface area contributed by atoms with Crippen LogP contribution in [0.4, 0.5) is 0 Å². The zero-order valence-electron chi connectivity index (χ0n) is 23.1. The fourth-order valence-electron chi connectivity index (χ4n) is 5.47. The molecule has 2 saturated heterocycles. The topological polar surface area (TPSA) is 97.1 Å². The van der Waals surface area contributed by atoms with Gasteiger partial charge in [-0.1, -0.05) is 30.3 Å². The van der Waals surface area contributed by atoms with E-state index in [-0.39, 0.29) is 23.0 Å². The van der Waals surface area contributed by atoms with Crippen LogP contribution in [0.1, 0.15) is 38.7 Å². The number of carbonyl (C=O) groups is 1. The molecule has 0 spiro atoms. The first-order valence-corrected chi connectivity index (χ1v) is 16.2. The maximum absolute atomic E-state index is 13.6. The molecule has 0 radical (unpaired) electrons. The summed E-state index contributed by atoms with van der Waals surface area (Å²) in [6.45, 7) is 6.18. The molecule has 0 saturated carbocycles. The Morgan fingerprint density at radius 3 is 2.44 bits per heavy atom. The Labute approximate surface area is 244 Å². The zero-order chi connectivity index (χ0) is 28.6. The molecule has 3 aliphatic rings. The number of aliphatic imine (C=N–C) groups is 1. The van der Waals surface area contributed by atoms with Crippen LogP contribution in [-0.4, -0.2) is 76.9 Å². The van der Waals surface area contributed by atoms with Crippen molar-refractivity contribution in [2.24, 2.45) is 4.99 Å². The molecule has 214 valence electrons. The number of hydrogen-bond donors (Lipinski definition) is 0. The molecule has 6 rings (SSSR count). The van der Waals surface area contributed by atoms with Gasteiger partial charge >= 0.3 is 0 Å². The molecule has 1 aromatic heterocycles. The maximum Gasteiger partial charge on any atom is 0.286 e. The van der Waals surface area contributed by atoms with Gasteiger partial charge in [-0.05, 0) is 75.2 Å². The van der Waals surface area contributed by atoms with Crippen LogP contribution in [-0.2, 0) is 19.6 Å². The summed E-state index contributed by atoms with van der Waals surface area (Å²) in [5.41, 5.74) is 2.80. The SMILES string of the molecule is CC1CN(S(=O)(=O)c2cccc(-c3nn(-c4ccccc4)cc3/C=C3\SC(N4CCCCC4)=NC3=O)c2)CC(C)O1. The number of carbonyl (C=O) groups excluding carboxylic acids is 1. The molecular weight excluding hydrogens is 558 g/mol. The van der Waals surface area contributed by atoms with Crippen molar-refractivity contribution in [1.82, 2.24) is 19.0 Å². The van der Waals surface area contributed by atoms with Crippen LogP contribution in [0.25, 0.3) is 23.0 Å². The van der Waals surface area contributed by atoms with Crippen LogP contribution in [0.3, 0.4) is 0 Å². The highest BCUT2D eigenvalue weighted by Gasteiger charge is 2.33. The number of sulfonamides is 1. The van der Waals surface area contributed by atoms with Crippen molar-refractivity contribution in [3.8, 4) is 16.9 Å². The van der Waals surface area contributed by atoms with Gasteiger partial charge in [-0.15, -0.1) is 0 Å². The van der Waals surface area contributed by atoms with E-state index in [9.17, 15) is 13.2 Å². The van der Waals surface area contributed by atoms with Gasteiger partial charge in [-0.2, -0.15) is 14.4 Å². The van der Waals surface area contributed by atoms with Crippen molar-refractivity contribution in [3.05, 3.63) is 71.3 Å². The lowest BCUT2D eigenvalue weighted by molar-refractivity contribution is -0.113. The van der Waals surface area contributed by atoms with Gasteiger partial charge in [0.05, 0.1) is 27.7 Å². The first-order chi connectivity index (χ1) is 19.8. The van der Waals surface area contributed by atoms with Crippen LogP contribution in [0.2, 0.25) is 0 Å². The third kappa shape index (κ3) is 5.90. The number of nitrogens with zero attached hydrogens (tertiary/aromatic N) is 5. The number of likely N-dealkylation sites (tertiary alicyclic amines) is 1. The van der Waals surface area contributed by atoms with Crippen molar-refractivity contribution in [2.75, 3.05) is 26.2 Å². The summed E-state index contributed by atoms with van der Waals surface area (Å²) in [6.07, 6.45) is 6.72. The molecule has 0 aliphatic carbocycles. The monoisotopic (exact) mass is 591 g/mol. The van der Waals surface area contributed by atoms with Gasteiger partial charge in [0.25, 0.3) is 5.91 Å². The highest BCUT2D eigenvalue weighted by Crippen LogP contribution is 2.35. The Hall–Kier alpha value is -3.25. The third-order valence-corrected chi connectivity index (χ3v) is 10.3. The Morgan fingerprint density at radius 1 is 0.976 bits per heavy atom. The molecular formula is C30H33N5O4S2. The van der Waals surface area contributed by atoms with Crippen molar-refractivity contribution >= 4 is 38.9 Å². The Kier molecular flexibility index (Phi) is 7.86. The number of morpholine rings is 1. The highest BCUT2D eigenvalue weighted by molar-refractivity contribution is 8.18. The van der Waals surface area contributed by atoms with Gasteiger partial charge in [0, 0.05) is 43.5 Å². The van der Waals surface area contributed by atoms with Crippen molar-refractivity contribution in [1.29, 1.82) is 0 Å². The molecule has 11 heteroatoms. The van der Waals surface area contributed by atoms with Gasteiger partial charge in [-0.3, -0.25) is 4.79 Å². The summed E-state index contributed by atoms with van der Waals surface area (Å²) < 4.78 is 36.3. The average molecular weight is 592 g/mol. The van der Waals surface area contributed by atoms with Gasteiger partial charge in [-0.25, -0.2) is 13.1 Å². The minimum absolute atomic E-state index is 0.185. The fourth-order valence-corrected chi connectivity index (χ4v) is 8.06. The van der Waals surface area contributed by atoms with E-state index in [4.69, 9.17) is 9.84 Å². The predicted octanol–water partition coefficient (Wildman–Crippen LogP) is 4.79. The number of ether oxygens (including phenoxy) is 1. The summed E-state index contributed by atoms with van der Waals surface area (Å²) in [5, 5.41) is 5.61. The molecule has 9 nitrogen and oxygen atoms in total. The standard InChI is InChI=1S/C30H33N5O4S2/c1-21-18-34(19-22(2)39-21)41(37,38)26-13-9-10-23(16-26)28-24(20-35(32-28)25-11-5-3-6-12-25)17-27-29(36)31-30(40-27)33-14-7-4-8-15-33/h3,5-6,9-13,16-17,20-22H,4,7-8,14-15,18-19H2,1-2H3/b27-17-. The van der Waals surface area contributed by atoms with Crippen molar-refractivity contribution < 1.29 is 17.9 Å². The Bertz CT molecular complexity index is 1600. The van der Waals surface area contributed by atoms with Crippen molar-refractivity contribution in [3.63, 3.8) is 0 Å². The van der Waals surface area contributed by atoms with E-state index >= 15 is 0 Å². The second-order valence-corrected chi connectivity index (χ2v) is 13.6. The molecule has 41 heavy (non-hydrogen) atoms. The Morgan fingerprint density at radius 2 is 1.71 bits per heavy atom. The van der Waals surface area contributed by atoms with E-state index in [1.54, 1.807) is 22.9 Å². The van der Waals surface area contributed by atoms with Crippen LogP contribution in [0, 0.1) is 0 Å². The quantitative estimate of drug-likeness (QED) is 0.394. The minimum Gasteiger partial charge on any atom is -0.373 e. The fraction of sp³-hybridized carbons (Fsp3) is 0.367. The second kappa shape index (κ2) is 11.6. The summed E-state index contributed by atoms with van der Waals surface area (Å²) in [7, 11) is -3.75. The predicted molar refractivity (Wildman–Crippen MR) is 161 cm³/mol. The summed E-state index contributed by atoms with van der Waals surface area (Å²) in [5.74, 6) is -0.263. The number of rotatable bonds is 5. The van der Waals surface area contributed by atoms with Gasteiger partial charge in [0.2, 0.25) is 10.0 Å². The molecule has 0 N–H and O–H groups in total. The number of thioether (sulfide) groups is 1.